The van der Waals surface area contributed by atoms with Gasteiger partial charge < -0.3 is 15.4 Å². The predicted octanol–water partition coefficient (Wildman–Crippen LogP) is 1.68. The average Bonchev–Trinajstić information content (AvgIpc) is 2.99. The number of hydrogen-bond donors (Lipinski definition) is 2. The van der Waals surface area contributed by atoms with Gasteiger partial charge in [0.25, 0.3) is 5.91 Å². The molecule has 3 rings (SSSR count). The van der Waals surface area contributed by atoms with Crippen LogP contribution in [0.2, 0.25) is 0 Å². The van der Waals surface area contributed by atoms with E-state index in [4.69, 9.17) is 4.74 Å². The number of aryl methyl sites for hydroxylation is 1. The van der Waals surface area contributed by atoms with Crippen LogP contribution in [0.15, 0.2) is 36.4 Å². The Bertz CT molecular complexity index is 685. The van der Waals surface area contributed by atoms with Crippen molar-refractivity contribution in [2.45, 2.75) is 25.3 Å². The van der Waals surface area contributed by atoms with Crippen molar-refractivity contribution < 1.29 is 9.53 Å². The number of carbonyl (C=O) groups excluding carboxylic acids is 1. The molecule has 24 heavy (non-hydrogen) atoms. The first-order valence-corrected chi connectivity index (χ1v) is 8.28. The third-order valence-electron chi connectivity index (χ3n) is 4.48. The highest BCUT2D eigenvalue weighted by Gasteiger charge is 2.34. The second kappa shape index (κ2) is 7.15. The van der Waals surface area contributed by atoms with E-state index in [2.05, 4.69) is 15.7 Å². The van der Waals surface area contributed by atoms with E-state index in [-0.39, 0.29) is 11.4 Å². The van der Waals surface area contributed by atoms with E-state index >= 15 is 0 Å². The molecule has 0 bridgehead atoms. The highest BCUT2D eigenvalue weighted by molar-refractivity contribution is 5.93. The summed E-state index contributed by atoms with van der Waals surface area (Å²) in [5.74, 6) is -0.147. The lowest BCUT2D eigenvalue weighted by molar-refractivity contribution is 0.0658. The number of methoxy groups -OCH3 is 1. The third-order valence-corrected chi connectivity index (χ3v) is 4.48. The molecule has 6 nitrogen and oxygen atoms in total. The van der Waals surface area contributed by atoms with Gasteiger partial charge in [0, 0.05) is 12.8 Å². The zero-order valence-corrected chi connectivity index (χ0v) is 14.2. The second-order valence-electron chi connectivity index (χ2n) is 6.34. The Morgan fingerprint density at radius 3 is 2.71 bits per heavy atom. The summed E-state index contributed by atoms with van der Waals surface area (Å²) in [6.07, 6.45) is 1.70. The molecule has 0 unspecified atom stereocenters. The minimum absolute atomic E-state index is 0.147. The lowest BCUT2D eigenvalue weighted by atomic mass is 9.89. The van der Waals surface area contributed by atoms with Crippen LogP contribution in [0, 0.1) is 6.92 Å². The van der Waals surface area contributed by atoms with Crippen LogP contribution in [-0.2, 0) is 4.74 Å². The summed E-state index contributed by atoms with van der Waals surface area (Å²) in [7, 11) is 1.67. The second-order valence-corrected chi connectivity index (χ2v) is 6.34. The SMILES string of the molecule is COCC1(NC(=O)c2cc(C)n(-c3ccccc3)n2)CCNCC1. The van der Waals surface area contributed by atoms with E-state index in [0.29, 0.717) is 12.3 Å². The fourth-order valence-corrected chi connectivity index (χ4v) is 3.21. The van der Waals surface area contributed by atoms with Gasteiger partial charge in [0.15, 0.2) is 5.69 Å². The lowest BCUT2D eigenvalue weighted by Gasteiger charge is -2.37. The van der Waals surface area contributed by atoms with Gasteiger partial charge >= 0.3 is 0 Å². The Labute approximate surface area is 142 Å². The molecule has 1 saturated heterocycles. The number of amides is 1. The number of hydrogen-bond acceptors (Lipinski definition) is 4. The molecule has 0 spiro atoms. The van der Waals surface area contributed by atoms with Gasteiger partial charge in [-0.05, 0) is 51.1 Å². The molecule has 0 aliphatic carbocycles. The molecule has 2 N–H and O–H groups in total. The molecule has 0 atom stereocenters. The summed E-state index contributed by atoms with van der Waals surface area (Å²) in [4.78, 5) is 12.7. The molecule has 1 fully saturated rings. The monoisotopic (exact) mass is 328 g/mol. The summed E-state index contributed by atoms with van der Waals surface area (Å²) in [6.45, 7) is 4.22. The summed E-state index contributed by atoms with van der Waals surface area (Å²) in [6, 6.07) is 11.6. The van der Waals surface area contributed by atoms with Crippen LogP contribution in [0.1, 0.15) is 29.0 Å². The Balaban J connectivity index is 1.80. The smallest absolute Gasteiger partial charge is 0.272 e. The zero-order chi connectivity index (χ0) is 17.0. The molecule has 0 saturated carbocycles. The average molecular weight is 328 g/mol. The Morgan fingerprint density at radius 1 is 1.33 bits per heavy atom. The van der Waals surface area contributed by atoms with Crippen molar-refractivity contribution in [3.05, 3.63) is 47.8 Å². The molecule has 2 heterocycles. The molecular formula is C18H24N4O2. The number of nitrogens with one attached hydrogen (secondary N) is 2. The highest BCUT2D eigenvalue weighted by Crippen LogP contribution is 2.20. The van der Waals surface area contributed by atoms with Crippen LogP contribution in [-0.4, -0.2) is 48.0 Å². The summed E-state index contributed by atoms with van der Waals surface area (Å²) in [5.41, 5.74) is 1.99. The molecule has 1 aliphatic heterocycles. The van der Waals surface area contributed by atoms with Crippen molar-refractivity contribution in [1.29, 1.82) is 0 Å². The first-order valence-electron chi connectivity index (χ1n) is 8.28. The minimum Gasteiger partial charge on any atom is -0.382 e. The molecule has 1 aromatic carbocycles. The first kappa shape index (κ1) is 16.7. The predicted molar refractivity (Wildman–Crippen MR) is 92.5 cm³/mol. The van der Waals surface area contributed by atoms with Crippen LogP contribution in [0.5, 0.6) is 0 Å². The van der Waals surface area contributed by atoms with Crippen molar-refractivity contribution in [3.8, 4) is 5.69 Å². The number of ether oxygens (including phenoxy) is 1. The largest absolute Gasteiger partial charge is 0.382 e. The summed E-state index contributed by atoms with van der Waals surface area (Å²) >= 11 is 0. The Kier molecular flexibility index (Phi) is 4.97. The Morgan fingerprint density at radius 2 is 2.04 bits per heavy atom. The summed E-state index contributed by atoms with van der Waals surface area (Å²) in [5, 5.41) is 11.0. The van der Waals surface area contributed by atoms with Gasteiger partial charge in [-0.25, -0.2) is 4.68 Å². The van der Waals surface area contributed by atoms with E-state index in [1.165, 1.54) is 0 Å². The molecule has 6 heteroatoms. The van der Waals surface area contributed by atoms with Crippen molar-refractivity contribution in [2.75, 3.05) is 26.8 Å². The molecule has 2 aromatic rings. The quantitative estimate of drug-likeness (QED) is 0.876. The topological polar surface area (TPSA) is 68.2 Å². The standard InChI is InChI=1S/C18H24N4O2/c1-14-12-16(21-22(14)15-6-4-3-5-7-15)17(23)20-18(13-24-2)8-10-19-11-9-18/h3-7,12,19H,8-11,13H2,1-2H3,(H,20,23). The van der Waals surface area contributed by atoms with Crippen molar-refractivity contribution in [2.24, 2.45) is 0 Å². The van der Waals surface area contributed by atoms with Gasteiger partial charge in [-0.1, -0.05) is 18.2 Å². The van der Waals surface area contributed by atoms with E-state index in [1.54, 1.807) is 11.8 Å². The van der Waals surface area contributed by atoms with Gasteiger partial charge in [-0.15, -0.1) is 0 Å². The number of rotatable bonds is 5. The van der Waals surface area contributed by atoms with Crippen LogP contribution >= 0.6 is 0 Å². The van der Waals surface area contributed by atoms with E-state index in [1.807, 2.05) is 43.3 Å². The lowest BCUT2D eigenvalue weighted by Crippen LogP contribution is -2.57. The molecule has 1 aliphatic rings. The number of aromatic nitrogens is 2. The number of para-hydroxylation sites is 1. The van der Waals surface area contributed by atoms with Gasteiger partial charge in [0.05, 0.1) is 17.8 Å². The summed E-state index contributed by atoms with van der Waals surface area (Å²) < 4.78 is 7.14. The molecular weight excluding hydrogens is 304 g/mol. The highest BCUT2D eigenvalue weighted by atomic mass is 16.5. The maximum atomic E-state index is 12.7. The van der Waals surface area contributed by atoms with Gasteiger partial charge in [-0.2, -0.15) is 5.10 Å². The maximum absolute atomic E-state index is 12.7. The van der Waals surface area contributed by atoms with Crippen LogP contribution < -0.4 is 10.6 Å². The van der Waals surface area contributed by atoms with Crippen molar-refractivity contribution in [3.63, 3.8) is 0 Å². The molecule has 1 aromatic heterocycles. The van der Waals surface area contributed by atoms with Crippen LogP contribution in [0.25, 0.3) is 5.69 Å². The molecule has 0 radical (unpaired) electrons. The van der Waals surface area contributed by atoms with E-state index in [0.717, 1.165) is 37.3 Å². The number of nitrogens with zero attached hydrogens (tertiary/aromatic N) is 2. The zero-order valence-electron chi connectivity index (χ0n) is 14.2. The molecule has 128 valence electrons. The van der Waals surface area contributed by atoms with Crippen molar-refractivity contribution >= 4 is 5.91 Å². The van der Waals surface area contributed by atoms with Crippen LogP contribution in [0.4, 0.5) is 0 Å². The first-order chi connectivity index (χ1) is 11.6. The van der Waals surface area contributed by atoms with Gasteiger partial charge in [0.1, 0.15) is 0 Å². The third kappa shape index (κ3) is 3.49. The fourth-order valence-electron chi connectivity index (χ4n) is 3.21. The Hall–Kier alpha value is -2.18. The number of carbonyl (C=O) groups is 1. The maximum Gasteiger partial charge on any atom is 0.272 e. The normalized spacial score (nSPS) is 16.8. The van der Waals surface area contributed by atoms with Gasteiger partial charge in [0.2, 0.25) is 0 Å². The van der Waals surface area contributed by atoms with Crippen molar-refractivity contribution in [1.82, 2.24) is 20.4 Å². The number of piperidine rings is 1. The minimum atomic E-state index is -0.318. The fraction of sp³-hybridized carbons (Fsp3) is 0.444. The van der Waals surface area contributed by atoms with Crippen LogP contribution in [0.3, 0.4) is 0 Å². The van der Waals surface area contributed by atoms with Gasteiger partial charge in [-0.3, -0.25) is 4.79 Å². The van der Waals surface area contributed by atoms with E-state index in [9.17, 15) is 4.79 Å². The number of benzene rings is 1. The van der Waals surface area contributed by atoms with E-state index < -0.39 is 0 Å². The molecule has 1 amide bonds.